The number of nitrogens with zero attached hydrogens (tertiary/aromatic N) is 1. The zero-order valence-corrected chi connectivity index (χ0v) is 13.8. The summed E-state index contributed by atoms with van der Waals surface area (Å²) in [5, 5.41) is 2.74. The number of nitrogens with one attached hydrogen (secondary N) is 1. The summed E-state index contributed by atoms with van der Waals surface area (Å²) in [6.07, 6.45) is 1.26. The standard InChI is InChI=1S/C15H21FN2O4S/c1-22-10-8-17-15(19)12-3-2-9-18(11-12)23(20,21)14-6-4-13(16)5-7-14/h4-7,12H,2-3,8-11H2,1H3,(H,17,19). The summed E-state index contributed by atoms with van der Waals surface area (Å²) >= 11 is 0. The van der Waals surface area contributed by atoms with Gasteiger partial charge in [0.05, 0.1) is 17.4 Å². The third kappa shape index (κ3) is 4.49. The average molecular weight is 344 g/mol. The number of carbonyl (C=O) groups is 1. The lowest BCUT2D eigenvalue weighted by Crippen LogP contribution is -2.45. The third-order valence-electron chi connectivity index (χ3n) is 3.81. The van der Waals surface area contributed by atoms with Crippen LogP contribution in [0.5, 0.6) is 0 Å². The highest BCUT2D eigenvalue weighted by Gasteiger charge is 2.33. The SMILES string of the molecule is COCCNC(=O)C1CCCN(S(=O)(=O)c2ccc(F)cc2)C1. The first kappa shape index (κ1) is 17.8. The van der Waals surface area contributed by atoms with Crippen molar-refractivity contribution in [3.8, 4) is 0 Å². The van der Waals surface area contributed by atoms with E-state index in [0.717, 1.165) is 12.1 Å². The van der Waals surface area contributed by atoms with Gasteiger partial charge in [0.1, 0.15) is 5.82 Å². The maximum absolute atomic E-state index is 13.0. The van der Waals surface area contributed by atoms with Crippen molar-refractivity contribution >= 4 is 15.9 Å². The first-order chi connectivity index (χ1) is 10.9. The maximum atomic E-state index is 13.0. The van der Waals surface area contributed by atoms with Gasteiger partial charge in [0, 0.05) is 26.7 Å². The van der Waals surface area contributed by atoms with Gasteiger partial charge >= 0.3 is 0 Å². The van der Waals surface area contributed by atoms with Crippen molar-refractivity contribution in [2.45, 2.75) is 17.7 Å². The number of carbonyl (C=O) groups excluding carboxylic acids is 1. The molecular weight excluding hydrogens is 323 g/mol. The maximum Gasteiger partial charge on any atom is 0.243 e. The topological polar surface area (TPSA) is 75.7 Å². The smallest absolute Gasteiger partial charge is 0.243 e. The molecule has 0 spiro atoms. The van der Waals surface area contributed by atoms with Crippen molar-refractivity contribution in [3.05, 3.63) is 30.1 Å². The number of rotatable bonds is 6. The molecule has 1 atom stereocenters. The molecule has 1 unspecified atom stereocenters. The summed E-state index contributed by atoms with van der Waals surface area (Å²) in [6, 6.07) is 4.72. The highest BCUT2D eigenvalue weighted by atomic mass is 32.2. The van der Waals surface area contributed by atoms with Crippen LogP contribution in [0.15, 0.2) is 29.2 Å². The van der Waals surface area contributed by atoms with Crippen LogP contribution in [0.25, 0.3) is 0 Å². The van der Waals surface area contributed by atoms with Crippen LogP contribution in [-0.2, 0) is 19.6 Å². The molecule has 23 heavy (non-hydrogen) atoms. The third-order valence-corrected chi connectivity index (χ3v) is 5.69. The quantitative estimate of drug-likeness (QED) is 0.781. The van der Waals surface area contributed by atoms with Gasteiger partial charge in [-0.25, -0.2) is 12.8 Å². The summed E-state index contributed by atoms with van der Waals surface area (Å²) in [7, 11) is -2.16. The Morgan fingerprint density at radius 1 is 1.39 bits per heavy atom. The average Bonchev–Trinajstić information content (AvgIpc) is 2.55. The Morgan fingerprint density at radius 3 is 2.74 bits per heavy atom. The van der Waals surface area contributed by atoms with Gasteiger partial charge in [-0.3, -0.25) is 4.79 Å². The van der Waals surface area contributed by atoms with Crippen molar-refractivity contribution in [3.63, 3.8) is 0 Å². The minimum absolute atomic E-state index is 0.0411. The number of hydrogen-bond donors (Lipinski definition) is 1. The Labute approximate surface area is 135 Å². The monoisotopic (exact) mass is 344 g/mol. The molecule has 2 rings (SSSR count). The largest absolute Gasteiger partial charge is 0.383 e. The molecule has 1 saturated heterocycles. The lowest BCUT2D eigenvalue weighted by Gasteiger charge is -2.31. The van der Waals surface area contributed by atoms with Crippen LogP contribution in [0.4, 0.5) is 4.39 Å². The van der Waals surface area contributed by atoms with E-state index in [1.165, 1.54) is 16.4 Å². The molecule has 1 aliphatic heterocycles. The summed E-state index contributed by atoms with van der Waals surface area (Å²) in [5.74, 6) is -1.03. The molecular formula is C15H21FN2O4S. The molecule has 1 N–H and O–H groups in total. The van der Waals surface area contributed by atoms with Crippen LogP contribution in [0.1, 0.15) is 12.8 Å². The molecule has 8 heteroatoms. The van der Waals surface area contributed by atoms with Gasteiger partial charge in [0.25, 0.3) is 0 Å². The van der Waals surface area contributed by atoms with Crippen LogP contribution in [0, 0.1) is 11.7 Å². The van der Waals surface area contributed by atoms with E-state index in [2.05, 4.69) is 5.32 Å². The fourth-order valence-corrected chi connectivity index (χ4v) is 4.07. The van der Waals surface area contributed by atoms with E-state index in [-0.39, 0.29) is 23.3 Å². The summed E-state index contributed by atoms with van der Waals surface area (Å²) < 4.78 is 44.3. The molecule has 1 heterocycles. The molecule has 0 saturated carbocycles. The summed E-state index contributed by atoms with van der Waals surface area (Å²) in [6.45, 7) is 1.31. The Bertz CT molecular complexity index is 633. The Hall–Kier alpha value is -1.51. The van der Waals surface area contributed by atoms with Crippen molar-refractivity contribution in [2.75, 3.05) is 33.4 Å². The number of methoxy groups -OCH3 is 1. The van der Waals surface area contributed by atoms with Gasteiger partial charge < -0.3 is 10.1 Å². The van der Waals surface area contributed by atoms with Gasteiger partial charge in [-0.15, -0.1) is 0 Å². The Kier molecular flexibility index (Phi) is 6.09. The number of ether oxygens (including phenoxy) is 1. The second kappa shape index (κ2) is 7.85. The van der Waals surface area contributed by atoms with E-state index in [0.29, 0.717) is 32.5 Å². The van der Waals surface area contributed by atoms with Crippen LogP contribution < -0.4 is 5.32 Å². The zero-order chi connectivity index (χ0) is 16.9. The highest BCUT2D eigenvalue weighted by molar-refractivity contribution is 7.89. The van der Waals surface area contributed by atoms with Gasteiger partial charge in [-0.1, -0.05) is 0 Å². The Morgan fingerprint density at radius 2 is 2.09 bits per heavy atom. The molecule has 0 radical (unpaired) electrons. The summed E-state index contributed by atoms with van der Waals surface area (Å²) in [5.41, 5.74) is 0. The number of amides is 1. The predicted octanol–water partition coefficient (Wildman–Crippen LogP) is 0.989. The summed E-state index contributed by atoms with van der Waals surface area (Å²) in [4.78, 5) is 12.1. The number of hydrogen-bond acceptors (Lipinski definition) is 4. The highest BCUT2D eigenvalue weighted by Crippen LogP contribution is 2.24. The fraction of sp³-hybridized carbons (Fsp3) is 0.533. The van der Waals surface area contributed by atoms with E-state index in [9.17, 15) is 17.6 Å². The zero-order valence-electron chi connectivity index (χ0n) is 13.0. The molecule has 0 aliphatic carbocycles. The molecule has 6 nitrogen and oxygen atoms in total. The Balaban J connectivity index is 2.05. The molecule has 1 aromatic rings. The van der Waals surface area contributed by atoms with Crippen molar-refractivity contribution in [1.82, 2.24) is 9.62 Å². The number of halogens is 1. The van der Waals surface area contributed by atoms with Gasteiger partial charge in [0.2, 0.25) is 15.9 Å². The molecule has 0 bridgehead atoms. The van der Waals surface area contributed by atoms with Gasteiger partial charge in [-0.05, 0) is 37.1 Å². The van der Waals surface area contributed by atoms with Gasteiger partial charge in [-0.2, -0.15) is 4.31 Å². The van der Waals surface area contributed by atoms with Crippen molar-refractivity contribution < 1.29 is 22.3 Å². The number of benzene rings is 1. The van der Waals surface area contributed by atoms with Crippen molar-refractivity contribution in [2.24, 2.45) is 5.92 Å². The molecule has 1 aliphatic rings. The van der Waals surface area contributed by atoms with Crippen LogP contribution in [0.3, 0.4) is 0 Å². The first-order valence-electron chi connectivity index (χ1n) is 7.47. The second-order valence-corrected chi connectivity index (χ2v) is 7.38. The minimum atomic E-state index is -3.71. The van der Waals surface area contributed by atoms with Crippen LogP contribution >= 0.6 is 0 Å². The molecule has 128 valence electrons. The molecule has 1 amide bonds. The lowest BCUT2D eigenvalue weighted by atomic mass is 9.99. The normalized spacial score (nSPS) is 19.5. The number of piperidine rings is 1. The number of sulfonamides is 1. The van der Waals surface area contributed by atoms with Gasteiger partial charge in [0.15, 0.2) is 0 Å². The molecule has 1 fully saturated rings. The lowest BCUT2D eigenvalue weighted by molar-refractivity contribution is -0.126. The minimum Gasteiger partial charge on any atom is -0.383 e. The van der Waals surface area contributed by atoms with E-state index in [1.54, 1.807) is 7.11 Å². The van der Waals surface area contributed by atoms with E-state index < -0.39 is 15.8 Å². The van der Waals surface area contributed by atoms with E-state index in [4.69, 9.17) is 4.74 Å². The first-order valence-corrected chi connectivity index (χ1v) is 8.91. The van der Waals surface area contributed by atoms with E-state index in [1.807, 2.05) is 0 Å². The predicted molar refractivity (Wildman–Crippen MR) is 82.8 cm³/mol. The molecule has 1 aromatic carbocycles. The van der Waals surface area contributed by atoms with E-state index >= 15 is 0 Å². The van der Waals surface area contributed by atoms with Crippen LogP contribution in [0.2, 0.25) is 0 Å². The van der Waals surface area contributed by atoms with Crippen LogP contribution in [-0.4, -0.2) is 52.0 Å². The second-order valence-electron chi connectivity index (χ2n) is 5.44. The fourth-order valence-electron chi connectivity index (χ4n) is 2.55. The van der Waals surface area contributed by atoms with Crippen molar-refractivity contribution in [1.29, 1.82) is 0 Å². The molecule has 0 aromatic heterocycles.